The monoisotopic (exact) mass is 409 g/mol. The van der Waals surface area contributed by atoms with Gasteiger partial charge in [-0.25, -0.2) is 4.79 Å². The normalized spacial score (nSPS) is 10.9. The Morgan fingerprint density at radius 1 is 1.20 bits per heavy atom. The summed E-state index contributed by atoms with van der Waals surface area (Å²) in [6.07, 6.45) is 3.19. The van der Waals surface area contributed by atoms with Gasteiger partial charge in [0.1, 0.15) is 0 Å². The first-order valence-electron chi connectivity index (χ1n) is 9.41. The number of amides is 3. The van der Waals surface area contributed by atoms with Crippen LogP contribution in [-0.4, -0.2) is 36.0 Å². The number of carbonyl (C=O) groups excluding carboxylic acids is 3. The van der Waals surface area contributed by atoms with Crippen LogP contribution in [0.2, 0.25) is 0 Å². The van der Waals surface area contributed by atoms with E-state index >= 15 is 0 Å². The number of nitrogens with zero attached hydrogens (tertiary/aromatic N) is 2. The summed E-state index contributed by atoms with van der Waals surface area (Å²) in [4.78, 5) is 40.1. The molecule has 3 amide bonds. The molecular formula is C21H23N5O4. The molecule has 0 aliphatic heterocycles. The molecule has 156 valence electrons. The average molecular weight is 409 g/mol. The van der Waals surface area contributed by atoms with Crippen LogP contribution in [0.5, 0.6) is 0 Å². The van der Waals surface area contributed by atoms with E-state index in [4.69, 9.17) is 10.00 Å². The number of anilines is 1. The standard InChI is InChI=1S/C21H23N5O4/c1-2-30-20(28)12-18(16-4-3-10-23-14-16)26-19(27)9-11-24-21(29)25-17-7-5-15(13-22)6-8-17/h3-8,10,14,18H,2,9,11-12H2,1H3,(H,26,27)(H2,24,25,29). The molecule has 1 aromatic heterocycles. The fourth-order valence-electron chi connectivity index (χ4n) is 2.58. The van der Waals surface area contributed by atoms with Gasteiger partial charge in [-0.15, -0.1) is 0 Å². The van der Waals surface area contributed by atoms with Gasteiger partial charge in [0, 0.05) is 31.0 Å². The smallest absolute Gasteiger partial charge is 0.319 e. The molecule has 2 aromatic rings. The minimum atomic E-state index is -0.572. The Morgan fingerprint density at radius 2 is 1.97 bits per heavy atom. The molecule has 1 heterocycles. The lowest BCUT2D eigenvalue weighted by molar-refractivity contribution is -0.143. The molecule has 0 aliphatic rings. The summed E-state index contributed by atoms with van der Waals surface area (Å²) in [5.74, 6) is -0.751. The highest BCUT2D eigenvalue weighted by molar-refractivity contribution is 5.89. The maximum atomic E-state index is 12.3. The predicted molar refractivity (Wildman–Crippen MR) is 109 cm³/mol. The number of esters is 1. The third-order valence-electron chi connectivity index (χ3n) is 4.01. The minimum Gasteiger partial charge on any atom is -0.466 e. The largest absolute Gasteiger partial charge is 0.466 e. The van der Waals surface area contributed by atoms with E-state index in [1.165, 1.54) is 0 Å². The summed E-state index contributed by atoms with van der Waals surface area (Å²) in [6, 6.07) is 10.8. The molecule has 9 heteroatoms. The van der Waals surface area contributed by atoms with E-state index in [9.17, 15) is 14.4 Å². The van der Waals surface area contributed by atoms with Crippen molar-refractivity contribution in [1.29, 1.82) is 5.26 Å². The topological polar surface area (TPSA) is 133 Å². The molecule has 0 saturated heterocycles. The first kappa shape index (κ1) is 22.4. The number of pyridine rings is 1. The fraction of sp³-hybridized carbons (Fsp3) is 0.286. The average Bonchev–Trinajstić information content (AvgIpc) is 2.74. The van der Waals surface area contributed by atoms with Crippen molar-refractivity contribution in [3.05, 3.63) is 59.9 Å². The number of aromatic nitrogens is 1. The Hall–Kier alpha value is -3.93. The molecule has 2 rings (SSSR count). The van der Waals surface area contributed by atoms with Crippen LogP contribution < -0.4 is 16.0 Å². The van der Waals surface area contributed by atoms with E-state index in [-0.39, 0.29) is 31.9 Å². The number of nitrogens with one attached hydrogen (secondary N) is 3. The van der Waals surface area contributed by atoms with Crippen LogP contribution in [0.4, 0.5) is 10.5 Å². The molecule has 9 nitrogen and oxygen atoms in total. The number of benzene rings is 1. The Bertz CT molecular complexity index is 894. The first-order valence-corrected chi connectivity index (χ1v) is 9.41. The first-order chi connectivity index (χ1) is 14.5. The zero-order valence-electron chi connectivity index (χ0n) is 16.6. The van der Waals surface area contributed by atoms with Gasteiger partial charge in [0.25, 0.3) is 0 Å². The maximum Gasteiger partial charge on any atom is 0.319 e. The van der Waals surface area contributed by atoms with Gasteiger partial charge in [0.15, 0.2) is 0 Å². The third kappa shape index (κ3) is 7.59. The number of urea groups is 1. The van der Waals surface area contributed by atoms with Crippen LogP contribution in [0.25, 0.3) is 0 Å². The summed E-state index contributed by atoms with van der Waals surface area (Å²) in [5.41, 5.74) is 1.70. The summed E-state index contributed by atoms with van der Waals surface area (Å²) in [5, 5.41) is 16.7. The number of nitriles is 1. The van der Waals surface area contributed by atoms with E-state index in [2.05, 4.69) is 20.9 Å². The SMILES string of the molecule is CCOC(=O)CC(NC(=O)CCNC(=O)Nc1ccc(C#N)cc1)c1cccnc1. The Kier molecular flexibility index (Phi) is 8.80. The lowest BCUT2D eigenvalue weighted by Gasteiger charge is -2.18. The van der Waals surface area contributed by atoms with Crippen LogP contribution in [-0.2, 0) is 14.3 Å². The second-order valence-electron chi connectivity index (χ2n) is 6.24. The van der Waals surface area contributed by atoms with Crippen LogP contribution in [0, 0.1) is 11.3 Å². The molecule has 1 unspecified atom stereocenters. The molecule has 0 spiro atoms. The van der Waals surface area contributed by atoms with Crippen LogP contribution in [0.1, 0.15) is 36.9 Å². The molecule has 0 fully saturated rings. The quantitative estimate of drug-likeness (QED) is 0.544. The zero-order valence-corrected chi connectivity index (χ0v) is 16.6. The van der Waals surface area contributed by atoms with Crippen molar-refractivity contribution in [3.63, 3.8) is 0 Å². The second-order valence-corrected chi connectivity index (χ2v) is 6.24. The second kappa shape index (κ2) is 11.8. The van der Waals surface area contributed by atoms with Crippen molar-refractivity contribution >= 4 is 23.6 Å². The molecular weight excluding hydrogens is 386 g/mol. The van der Waals surface area contributed by atoms with Crippen molar-refractivity contribution in [2.75, 3.05) is 18.5 Å². The molecule has 1 atom stereocenters. The van der Waals surface area contributed by atoms with Crippen LogP contribution in [0.15, 0.2) is 48.8 Å². The molecule has 0 saturated carbocycles. The van der Waals surface area contributed by atoms with Gasteiger partial charge in [0.05, 0.1) is 30.7 Å². The maximum absolute atomic E-state index is 12.3. The van der Waals surface area contributed by atoms with Crippen LogP contribution in [0.3, 0.4) is 0 Å². The number of carbonyl (C=O) groups is 3. The lowest BCUT2D eigenvalue weighted by atomic mass is 10.1. The van der Waals surface area contributed by atoms with Gasteiger partial charge in [-0.1, -0.05) is 6.07 Å². The molecule has 0 aliphatic carbocycles. The highest BCUT2D eigenvalue weighted by atomic mass is 16.5. The van der Waals surface area contributed by atoms with Crippen molar-refractivity contribution < 1.29 is 19.1 Å². The summed E-state index contributed by atoms with van der Waals surface area (Å²) in [6.45, 7) is 2.07. The summed E-state index contributed by atoms with van der Waals surface area (Å²) in [7, 11) is 0. The number of ether oxygens (including phenoxy) is 1. The summed E-state index contributed by atoms with van der Waals surface area (Å²) >= 11 is 0. The highest BCUT2D eigenvalue weighted by Gasteiger charge is 2.19. The van der Waals surface area contributed by atoms with Crippen molar-refractivity contribution in [2.24, 2.45) is 0 Å². The highest BCUT2D eigenvalue weighted by Crippen LogP contribution is 2.16. The van der Waals surface area contributed by atoms with E-state index in [1.54, 1.807) is 55.7 Å². The number of hydrogen-bond acceptors (Lipinski definition) is 6. The Balaban J connectivity index is 1.82. The van der Waals surface area contributed by atoms with Crippen molar-refractivity contribution in [3.8, 4) is 6.07 Å². The van der Waals surface area contributed by atoms with Gasteiger partial charge in [-0.05, 0) is 42.8 Å². The molecule has 0 radical (unpaired) electrons. The summed E-state index contributed by atoms with van der Waals surface area (Å²) < 4.78 is 4.97. The zero-order chi connectivity index (χ0) is 21.8. The van der Waals surface area contributed by atoms with Gasteiger partial charge in [-0.3, -0.25) is 14.6 Å². The minimum absolute atomic E-state index is 0.0160. The molecule has 30 heavy (non-hydrogen) atoms. The Labute approximate surface area is 174 Å². The molecule has 0 bridgehead atoms. The van der Waals surface area contributed by atoms with E-state index in [0.29, 0.717) is 16.8 Å². The van der Waals surface area contributed by atoms with E-state index in [1.807, 2.05) is 6.07 Å². The number of hydrogen-bond donors (Lipinski definition) is 3. The van der Waals surface area contributed by atoms with Gasteiger partial charge in [-0.2, -0.15) is 5.26 Å². The molecule has 3 N–H and O–H groups in total. The molecule has 1 aromatic carbocycles. The van der Waals surface area contributed by atoms with Gasteiger partial charge in [0.2, 0.25) is 5.91 Å². The van der Waals surface area contributed by atoms with Gasteiger partial charge < -0.3 is 20.7 Å². The van der Waals surface area contributed by atoms with Crippen molar-refractivity contribution in [1.82, 2.24) is 15.6 Å². The van der Waals surface area contributed by atoms with Crippen molar-refractivity contribution in [2.45, 2.75) is 25.8 Å². The predicted octanol–water partition coefficient (Wildman–Crippen LogP) is 2.28. The lowest BCUT2D eigenvalue weighted by Crippen LogP contribution is -2.35. The van der Waals surface area contributed by atoms with E-state index < -0.39 is 18.0 Å². The number of rotatable bonds is 9. The van der Waals surface area contributed by atoms with Crippen LogP contribution >= 0.6 is 0 Å². The van der Waals surface area contributed by atoms with E-state index in [0.717, 1.165) is 0 Å². The Morgan fingerprint density at radius 3 is 2.60 bits per heavy atom. The third-order valence-corrected chi connectivity index (χ3v) is 4.01. The van der Waals surface area contributed by atoms with Gasteiger partial charge >= 0.3 is 12.0 Å². The fourth-order valence-corrected chi connectivity index (χ4v) is 2.58.